The molecule has 0 aromatic rings. The molecule has 11 heavy (non-hydrogen) atoms. The van der Waals surface area contributed by atoms with Gasteiger partial charge in [0.2, 0.25) is 4.96 Å². The molecule has 0 saturated heterocycles. The first-order chi connectivity index (χ1) is 4.69. The van der Waals surface area contributed by atoms with Crippen molar-refractivity contribution in [2.45, 2.75) is 39.3 Å². The summed E-state index contributed by atoms with van der Waals surface area (Å²) in [7, 11) is -2.72. The lowest BCUT2D eigenvalue weighted by Gasteiger charge is -2.19. The van der Waals surface area contributed by atoms with Crippen molar-refractivity contribution in [2.75, 3.05) is 0 Å². The number of hydrogen-bond acceptors (Lipinski definition) is 0. The second-order valence-corrected chi connectivity index (χ2v) is 15.4. The summed E-state index contributed by atoms with van der Waals surface area (Å²) in [6.45, 7) is 13.3. The summed E-state index contributed by atoms with van der Waals surface area (Å²) in [5.41, 5.74) is 8.85. The molecule has 0 unspecified atom stereocenters. The van der Waals surface area contributed by atoms with Crippen LogP contribution in [-0.2, 0) is 0 Å². The highest BCUT2D eigenvalue weighted by Gasteiger charge is 2.40. The van der Waals surface area contributed by atoms with E-state index in [-0.39, 0.29) is 0 Å². The van der Waals surface area contributed by atoms with E-state index < -0.39 is 16.1 Å². The molecule has 0 aliphatic heterocycles. The van der Waals surface area contributed by atoms with Crippen LogP contribution in [0, 0.1) is 0 Å². The van der Waals surface area contributed by atoms with Crippen molar-refractivity contribution < 1.29 is 4.79 Å². The van der Waals surface area contributed by atoms with Gasteiger partial charge in [0.05, 0.1) is 0 Å². The Bertz CT molecular complexity index is 175. The monoisotopic (exact) mass is 186 g/mol. The van der Waals surface area contributed by atoms with E-state index in [0.717, 1.165) is 4.96 Å². The van der Waals surface area contributed by atoms with Crippen LogP contribution in [0.2, 0.25) is 39.3 Å². The zero-order valence-electron chi connectivity index (χ0n) is 8.39. The molecule has 4 heteroatoms. The molecule has 0 fully saturated rings. The van der Waals surface area contributed by atoms with Crippen molar-refractivity contribution >= 4 is 21.1 Å². The lowest BCUT2D eigenvalue weighted by Crippen LogP contribution is -2.50. The molecule has 0 spiro atoms. The maximum atomic E-state index is 8.85. The van der Waals surface area contributed by atoms with Gasteiger partial charge in [0.25, 0.3) is 0 Å². The van der Waals surface area contributed by atoms with Crippen LogP contribution in [0.5, 0.6) is 0 Å². The van der Waals surface area contributed by atoms with Crippen molar-refractivity contribution in [1.82, 2.24) is 0 Å². The molecule has 64 valence electrons. The summed E-state index contributed by atoms with van der Waals surface area (Å²) >= 11 is 0. The minimum absolute atomic E-state index is 1.12. The Hall–Kier alpha value is -0.186. The van der Waals surface area contributed by atoms with Gasteiger partial charge in [-0.05, 0) is 0 Å². The highest BCUT2D eigenvalue weighted by Crippen LogP contribution is 2.12. The third-order valence-electron chi connectivity index (χ3n) is 1.52. The first-order valence-electron chi connectivity index (χ1n) is 3.92. The molecule has 0 saturated carbocycles. The Kier molecular flexibility index (Phi) is 3.00. The quantitative estimate of drug-likeness (QED) is 0.275. The van der Waals surface area contributed by atoms with Crippen LogP contribution in [0.3, 0.4) is 0 Å². The van der Waals surface area contributed by atoms with E-state index in [0.29, 0.717) is 0 Å². The molecule has 0 radical (unpaired) electrons. The third-order valence-corrected chi connectivity index (χ3v) is 9.06. The largest absolute Gasteiger partial charge is 0.363 e. The Morgan fingerprint density at radius 2 is 1.18 bits per heavy atom. The molecular formula is C7H18N2Si2. The van der Waals surface area contributed by atoms with Crippen molar-refractivity contribution in [1.29, 1.82) is 0 Å². The fourth-order valence-electron chi connectivity index (χ4n) is 1.43. The minimum atomic E-state index is -1.36. The summed E-state index contributed by atoms with van der Waals surface area (Å²) in [6.07, 6.45) is 0. The van der Waals surface area contributed by atoms with Crippen LogP contribution in [0.15, 0.2) is 0 Å². The van der Waals surface area contributed by atoms with Crippen molar-refractivity contribution in [3.05, 3.63) is 5.53 Å². The summed E-state index contributed by atoms with van der Waals surface area (Å²) in [5, 5.41) is 0. The summed E-state index contributed by atoms with van der Waals surface area (Å²) in [6, 6.07) is 0. The van der Waals surface area contributed by atoms with Gasteiger partial charge in [0, 0.05) is 0 Å². The molecular weight excluding hydrogens is 168 g/mol. The lowest BCUT2D eigenvalue weighted by molar-refractivity contribution is 0.00220. The van der Waals surface area contributed by atoms with Crippen LogP contribution in [0.4, 0.5) is 0 Å². The molecule has 0 amide bonds. The average molecular weight is 186 g/mol. The van der Waals surface area contributed by atoms with E-state index in [1.807, 2.05) is 0 Å². The first kappa shape index (κ1) is 10.8. The Morgan fingerprint density at radius 3 is 1.18 bits per heavy atom. The molecule has 0 aromatic carbocycles. The summed E-state index contributed by atoms with van der Waals surface area (Å²) < 4.78 is 0. The smallest absolute Gasteiger partial charge is 0.208 e. The molecule has 0 aromatic heterocycles. The molecule has 0 N–H and O–H groups in total. The van der Waals surface area contributed by atoms with Gasteiger partial charge in [-0.3, -0.25) is 0 Å². The fourth-order valence-corrected chi connectivity index (χ4v) is 11.0. The maximum absolute atomic E-state index is 8.85. The third kappa shape index (κ3) is 3.14. The maximum Gasteiger partial charge on any atom is 0.208 e. The predicted molar refractivity (Wildman–Crippen MR) is 55.3 cm³/mol. The van der Waals surface area contributed by atoms with Gasteiger partial charge in [-0.2, -0.15) is 4.79 Å². The van der Waals surface area contributed by atoms with Crippen LogP contribution in [0.25, 0.3) is 5.53 Å². The van der Waals surface area contributed by atoms with Crippen LogP contribution in [-0.4, -0.2) is 25.9 Å². The van der Waals surface area contributed by atoms with E-state index in [1.54, 1.807) is 0 Å². The standard InChI is InChI=1S/C7H18N2Si2/c1-10(2,3)7(9-8)11(4,5)6/h1-6H3. The lowest BCUT2D eigenvalue weighted by atomic mass is 11.6. The molecule has 0 rings (SSSR count). The minimum Gasteiger partial charge on any atom is -0.363 e. The Balaban J connectivity index is 4.90. The second kappa shape index (κ2) is 3.05. The molecule has 0 atom stereocenters. The van der Waals surface area contributed by atoms with Crippen molar-refractivity contribution in [3.8, 4) is 0 Å². The van der Waals surface area contributed by atoms with Gasteiger partial charge >= 0.3 is 0 Å². The highest BCUT2D eigenvalue weighted by atomic mass is 28.4. The van der Waals surface area contributed by atoms with Crippen LogP contribution >= 0.6 is 0 Å². The SMILES string of the molecule is C[Si](C)(C)C(=[N+]=[N-])[Si](C)(C)C. The van der Waals surface area contributed by atoms with Crippen LogP contribution in [0.1, 0.15) is 0 Å². The molecule has 0 aliphatic rings. The summed E-state index contributed by atoms with van der Waals surface area (Å²) in [4.78, 5) is 4.59. The zero-order valence-corrected chi connectivity index (χ0v) is 10.4. The number of nitrogens with zero attached hydrogens (tertiary/aromatic N) is 2. The van der Waals surface area contributed by atoms with Crippen LogP contribution < -0.4 is 0 Å². The van der Waals surface area contributed by atoms with Crippen molar-refractivity contribution in [3.63, 3.8) is 0 Å². The fraction of sp³-hybridized carbons (Fsp3) is 0.857. The zero-order chi connectivity index (χ0) is 9.28. The van der Waals surface area contributed by atoms with Crippen molar-refractivity contribution in [2.24, 2.45) is 0 Å². The molecule has 0 aliphatic carbocycles. The van der Waals surface area contributed by atoms with Gasteiger partial charge in [-0.1, -0.05) is 39.3 Å². The van der Waals surface area contributed by atoms with E-state index in [1.165, 1.54) is 0 Å². The van der Waals surface area contributed by atoms with E-state index in [4.69, 9.17) is 5.53 Å². The van der Waals surface area contributed by atoms with Gasteiger partial charge in [0.1, 0.15) is 0 Å². The van der Waals surface area contributed by atoms with E-state index >= 15 is 0 Å². The van der Waals surface area contributed by atoms with E-state index in [2.05, 4.69) is 44.1 Å². The van der Waals surface area contributed by atoms with Gasteiger partial charge < -0.3 is 5.53 Å². The Labute approximate surface area is 71.3 Å². The van der Waals surface area contributed by atoms with E-state index in [9.17, 15) is 0 Å². The van der Waals surface area contributed by atoms with Gasteiger partial charge in [-0.25, -0.2) is 0 Å². The number of rotatable bonds is 2. The predicted octanol–water partition coefficient (Wildman–Crippen LogP) is 2.41. The summed E-state index contributed by atoms with van der Waals surface area (Å²) in [5.74, 6) is 0. The normalized spacial score (nSPS) is 12.5. The van der Waals surface area contributed by atoms with Gasteiger partial charge in [-0.15, -0.1) is 0 Å². The van der Waals surface area contributed by atoms with Gasteiger partial charge in [0.15, 0.2) is 16.1 Å². The molecule has 0 heterocycles. The second-order valence-electron chi connectivity index (χ2n) is 4.95. The molecule has 2 nitrogen and oxygen atoms in total. The number of hydrogen-bond donors (Lipinski definition) is 0. The Morgan fingerprint density at radius 1 is 0.909 bits per heavy atom. The topological polar surface area (TPSA) is 36.4 Å². The first-order valence-corrected chi connectivity index (χ1v) is 10.9. The molecule has 0 bridgehead atoms. The highest BCUT2D eigenvalue weighted by molar-refractivity contribution is 7.31. The average Bonchev–Trinajstić information content (AvgIpc) is 1.56.